The van der Waals surface area contributed by atoms with E-state index in [1.54, 1.807) is 41.1 Å². The molecule has 0 saturated heterocycles. The molecule has 4 rings (SSSR count). The normalized spacial score (nSPS) is 10.6. The third-order valence-corrected chi connectivity index (χ3v) is 4.59. The van der Waals surface area contributed by atoms with Crippen molar-refractivity contribution in [2.24, 2.45) is 0 Å². The predicted octanol–water partition coefficient (Wildman–Crippen LogP) is 5.24. The quantitative estimate of drug-likeness (QED) is 0.465. The highest BCUT2D eigenvalue weighted by atomic mass is 35.5. The van der Waals surface area contributed by atoms with Gasteiger partial charge in [0, 0.05) is 16.3 Å². The van der Waals surface area contributed by atoms with Crippen LogP contribution < -0.4 is 10.1 Å². The first-order valence-electron chi connectivity index (χ1n) is 9.46. The fourth-order valence-corrected chi connectivity index (χ4v) is 3.06. The van der Waals surface area contributed by atoms with Crippen molar-refractivity contribution in [1.29, 1.82) is 0 Å². The molecule has 0 aliphatic heterocycles. The fraction of sp³-hybridized carbons (Fsp3) is 0.0870. The number of nitrogens with one attached hydrogen (secondary N) is 1. The Labute approximate surface area is 179 Å². The van der Waals surface area contributed by atoms with Crippen molar-refractivity contribution < 1.29 is 9.53 Å². The zero-order valence-corrected chi connectivity index (χ0v) is 17.0. The Morgan fingerprint density at radius 3 is 2.37 bits per heavy atom. The number of carbonyl (C=O) groups is 1. The molecule has 1 heterocycles. The lowest BCUT2D eigenvalue weighted by atomic mass is 10.2. The van der Waals surface area contributed by atoms with Gasteiger partial charge in [-0.05, 0) is 67.6 Å². The first-order chi connectivity index (χ1) is 14.6. The number of halogens is 1. The maximum atomic E-state index is 12.8. The molecule has 30 heavy (non-hydrogen) atoms. The van der Waals surface area contributed by atoms with E-state index in [4.69, 9.17) is 16.3 Å². The van der Waals surface area contributed by atoms with E-state index in [-0.39, 0.29) is 5.82 Å². The van der Waals surface area contributed by atoms with Gasteiger partial charge in [0.15, 0.2) is 5.82 Å². The molecule has 1 amide bonds. The Kier molecular flexibility index (Phi) is 5.77. The lowest BCUT2D eigenvalue weighted by molar-refractivity contribution is 0.101. The Balaban J connectivity index is 1.66. The van der Waals surface area contributed by atoms with Crippen molar-refractivity contribution in [3.63, 3.8) is 0 Å². The summed E-state index contributed by atoms with van der Waals surface area (Å²) in [6.07, 6.45) is 0. The summed E-state index contributed by atoms with van der Waals surface area (Å²) in [5.74, 6) is 0.962. The van der Waals surface area contributed by atoms with Crippen LogP contribution in [0.1, 0.15) is 17.5 Å². The van der Waals surface area contributed by atoms with Gasteiger partial charge in [0.05, 0.1) is 12.3 Å². The second-order valence-electron chi connectivity index (χ2n) is 6.42. The summed E-state index contributed by atoms with van der Waals surface area (Å²) in [5.41, 5.74) is 2.23. The summed E-state index contributed by atoms with van der Waals surface area (Å²) in [4.78, 5) is 17.3. The number of ether oxygens (including phenoxy) is 1. The number of anilines is 1. The van der Waals surface area contributed by atoms with Crippen LogP contribution in [-0.2, 0) is 0 Å². The fourth-order valence-electron chi connectivity index (χ4n) is 2.93. The molecule has 4 aromatic rings. The maximum absolute atomic E-state index is 12.8. The van der Waals surface area contributed by atoms with Crippen molar-refractivity contribution in [2.45, 2.75) is 6.92 Å². The van der Waals surface area contributed by atoms with Crippen molar-refractivity contribution in [3.05, 3.63) is 89.7 Å². The van der Waals surface area contributed by atoms with Crippen LogP contribution in [-0.4, -0.2) is 27.3 Å². The third-order valence-electron chi connectivity index (χ3n) is 4.34. The number of carbonyl (C=O) groups excluding carboxylic acids is 1. The monoisotopic (exact) mass is 418 g/mol. The van der Waals surface area contributed by atoms with Crippen LogP contribution in [0.5, 0.6) is 5.75 Å². The van der Waals surface area contributed by atoms with E-state index in [1.165, 1.54) is 0 Å². The maximum Gasteiger partial charge on any atom is 0.295 e. The number of benzene rings is 3. The third kappa shape index (κ3) is 4.34. The number of hydrogen-bond acceptors (Lipinski definition) is 4. The van der Waals surface area contributed by atoms with Gasteiger partial charge < -0.3 is 10.1 Å². The van der Waals surface area contributed by atoms with Gasteiger partial charge in [0.25, 0.3) is 5.91 Å². The molecule has 0 atom stereocenters. The summed E-state index contributed by atoms with van der Waals surface area (Å²) in [6.45, 7) is 2.50. The molecule has 0 fully saturated rings. The first kappa shape index (κ1) is 19.7. The van der Waals surface area contributed by atoms with Crippen molar-refractivity contribution in [1.82, 2.24) is 14.8 Å². The summed E-state index contributed by atoms with van der Waals surface area (Å²) < 4.78 is 7.07. The van der Waals surface area contributed by atoms with Gasteiger partial charge in [-0.15, -0.1) is 5.10 Å². The van der Waals surface area contributed by atoms with Crippen LogP contribution in [0.2, 0.25) is 5.02 Å². The standard InChI is InChI=1S/C23H19ClN4O2/c1-2-30-20-14-12-18(13-15-20)25-23(29)21-26-22(16-8-10-17(24)11-9-16)28(27-21)19-6-4-3-5-7-19/h3-15H,2H2,1H3,(H,25,29). The van der Waals surface area contributed by atoms with E-state index in [9.17, 15) is 4.79 Å². The molecule has 0 saturated carbocycles. The highest BCUT2D eigenvalue weighted by molar-refractivity contribution is 6.30. The lowest BCUT2D eigenvalue weighted by Gasteiger charge is -2.05. The summed E-state index contributed by atoms with van der Waals surface area (Å²) in [6, 6.07) is 23.9. The van der Waals surface area contributed by atoms with Crippen LogP contribution in [0.3, 0.4) is 0 Å². The number of hydrogen-bond donors (Lipinski definition) is 1. The molecule has 6 nitrogen and oxygen atoms in total. The largest absolute Gasteiger partial charge is 0.494 e. The molecule has 1 aromatic heterocycles. The number of aromatic nitrogens is 3. The van der Waals surface area contributed by atoms with Gasteiger partial charge >= 0.3 is 0 Å². The Bertz CT molecular complexity index is 1140. The van der Waals surface area contributed by atoms with Gasteiger partial charge in [0.2, 0.25) is 5.82 Å². The number of amides is 1. The Hall–Kier alpha value is -3.64. The zero-order chi connectivity index (χ0) is 20.9. The second-order valence-corrected chi connectivity index (χ2v) is 6.86. The second kappa shape index (κ2) is 8.80. The van der Waals surface area contributed by atoms with Crippen molar-refractivity contribution >= 4 is 23.2 Å². The molecule has 1 N–H and O–H groups in total. The molecule has 0 aliphatic rings. The number of nitrogens with zero attached hydrogens (tertiary/aromatic N) is 3. The summed E-state index contributed by atoms with van der Waals surface area (Å²) in [5, 5.41) is 7.91. The zero-order valence-electron chi connectivity index (χ0n) is 16.2. The van der Waals surface area contributed by atoms with Crippen LogP contribution >= 0.6 is 11.6 Å². The van der Waals surface area contributed by atoms with E-state index in [2.05, 4.69) is 15.4 Å². The SMILES string of the molecule is CCOc1ccc(NC(=O)c2nc(-c3ccc(Cl)cc3)n(-c3ccccc3)n2)cc1. The van der Waals surface area contributed by atoms with Gasteiger partial charge in [0.1, 0.15) is 5.75 Å². The molecule has 7 heteroatoms. The minimum atomic E-state index is -0.399. The minimum Gasteiger partial charge on any atom is -0.494 e. The van der Waals surface area contributed by atoms with Crippen LogP contribution in [0, 0.1) is 0 Å². The van der Waals surface area contributed by atoms with Gasteiger partial charge in [-0.2, -0.15) is 0 Å². The molecular formula is C23H19ClN4O2. The van der Waals surface area contributed by atoms with Crippen LogP contribution in [0.25, 0.3) is 17.1 Å². The molecule has 150 valence electrons. The Morgan fingerprint density at radius 2 is 1.70 bits per heavy atom. The lowest BCUT2D eigenvalue weighted by Crippen LogP contribution is -2.14. The van der Waals surface area contributed by atoms with Crippen molar-refractivity contribution in [3.8, 4) is 22.8 Å². The predicted molar refractivity (Wildman–Crippen MR) is 117 cm³/mol. The highest BCUT2D eigenvalue weighted by Gasteiger charge is 2.19. The Morgan fingerprint density at radius 1 is 1.00 bits per heavy atom. The van der Waals surface area contributed by atoms with Crippen LogP contribution in [0.4, 0.5) is 5.69 Å². The summed E-state index contributed by atoms with van der Waals surface area (Å²) in [7, 11) is 0. The first-order valence-corrected chi connectivity index (χ1v) is 9.84. The topological polar surface area (TPSA) is 69.0 Å². The van der Waals surface area contributed by atoms with Gasteiger partial charge in [-0.1, -0.05) is 29.8 Å². The van der Waals surface area contributed by atoms with Gasteiger partial charge in [-0.3, -0.25) is 4.79 Å². The van der Waals surface area contributed by atoms with Gasteiger partial charge in [-0.25, -0.2) is 9.67 Å². The van der Waals surface area contributed by atoms with Crippen molar-refractivity contribution in [2.75, 3.05) is 11.9 Å². The summed E-state index contributed by atoms with van der Waals surface area (Å²) >= 11 is 6.02. The molecule has 0 aliphatic carbocycles. The molecule has 0 radical (unpaired) electrons. The van der Waals surface area contributed by atoms with Crippen LogP contribution in [0.15, 0.2) is 78.9 Å². The van der Waals surface area contributed by atoms with E-state index < -0.39 is 5.91 Å². The van der Waals surface area contributed by atoms with E-state index >= 15 is 0 Å². The smallest absolute Gasteiger partial charge is 0.295 e. The molecule has 0 spiro atoms. The number of rotatable bonds is 6. The molecule has 0 unspecified atom stereocenters. The minimum absolute atomic E-state index is 0.0673. The highest BCUT2D eigenvalue weighted by Crippen LogP contribution is 2.23. The average molecular weight is 419 g/mol. The van der Waals surface area contributed by atoms with E-state index in [0.29, 0.717) is 23.1 Å². The number of para-hydroxylation sites is 1. The molecular weight excluding hydrogens is 400 g/mol. The molecule has 3 aromatic carbocycles. The molecule has 0 bridgehead atoms. The van der Waals surface area contributed by atoms with E-state index in [0.717, 1.165) is 17.0 Å². The average Bonchev–Trinajstić information content (AvgIpc) is 3.22. The van der Waals surface area contributed by atoms with E-state index in [1.807, 2.05) is 49.4 Å².